The van der Waals surface area contributed by atoms with Crippen molar-refractivity contribution < 1.29 is 19.2 Å². The van der Waals surface area contributed by atoms with E-state index >= 15 is 0 Å². The lowest BCUT2D eigenvalue weighted by molar-refractivity contribution is -0.384. The van der Waals surface area contributed by atoms with Gasteiger partial charge in [-0.2, -0.15) is 0 Å². The number of amides is 1. The molecule has 1 aromatic heterocycles. The number of carbonyl (C=O) groups is 2. The van der Waals surface area contributed by atoms with Crippen molar-refractivity contribution in [1.29, 1.82) is 0 Å². The summed E-state index contributed by atoms with van der Waals surface area (Å²) in [4.78, 5) is 39.7. The molecule has 2 aromatic carbocycles. The van der Waals surface area contributed by atoms with Crippen LogP contribution in [0.2, 0.25) is 5.15 Å². The predicted octanol–water partition coefficient (Wildman–Crippen LogP) is 4.94. The number of hydrogen-bond acceptors (Lipinski definition) is 6. The van der Waals surface area contributed by atoms with Gasteiger partial charge in [-0.25, -0.2) is 9.78 Å². The number of aromatic nitrogens is 1. The minimum atomic E-state index is -1.29. The number of nitro benzene ring substituents is 1. The number of nitrogens with zero attached hydrogens (tertiary/aromatic N) is 2. The van der Waals surface area contributed by atoms with Crippen LogP contribution in [0.1, 0.15) is 22.0 Å². The fourth-order valence-electron chi connectivity index (χ4n) is 2.53. The van der Waals surface area contributed by atoms with Crippen molar-refractivity contribution in [2.45, 2.75) is 6.10 Å². The first-order chi connectivity index (χ1) is 14.4. The summed E-state index contributed by atoms with van der Waals surface area (Å²) < 4.78 is 5.74. The second-order valence-corrected chi connectivity index (χ2v) is 7.16. The molecule has 1 N–H and O–H groups in total. The van der Waals surface area contributed by atoms with E-state index < -0.39 is 22.9 Å². The fraction of sp³-hybridized carbons (Fsp3) is 0.0500. The third-order valence-electron chi connectivity index (χ3n) is 3.97. The number of halogens is 2. The second-order valence-electron chi connectivity index (χ2n) is 5.95. The van der Waals surface area contributed by atoms with E-state index in [0.29, 0.717) is 10.0 Å². The van der Waals surface area contributed by atoms with E-state index in [-0.39, 0.29) is 22.1 Å². The quantitative estimate of drug-likeness (QED) is 0.227. The van der Waals surface area contributed by atoms with Crippen LogP contribution in [0.15, 0.2) is 71.3 Å². The van der Waals surface area contributed by atoms with Gasteiger partial charge in [-0.15, -0.1) is 0 Å². The SMILES string of the molecule is O=C(OC(C(=O)Nc1ccc([N+](=O)[O-])cc1Br)c1ccccc1)c1cccnc1Cl. The van der Waals surface area contributed by atoms with E-state index in [1.165, 1.54) is 36.5 Å². The molecule has 10 heteroatoms. The first-order valence-electron chi connectivity index (χ1n) is 8.48. The summed E-state index contributed by atoms with van der Waals surface area (Å²) >= 11 is 9.14. The maximum atomic E-state index is 12.9. The molecule has 0 aliphatic rings. The number of rotatable bonds is 6. The normalized spacial score (nSPS) is 11.4. The lowest BCUT2D eigenvalue weighted by Gasteiger charge is -2.18. The largest absolute Gasteiger partial charge is 0.444 e. The first-order valence-corrected chi connectivity index (χ1v) is 9.65. The van der Waals surface area contributed by atoms with Crippen LogP contribution in [0, 0.1) is 10.1 Å². The van der Waals surface area contributed by atoms with Crippen LogP contribution in [-0.4, -0.2) is 21.8 Å². The number of benzene rings is 2. The Morgan fingerprint density at radius 3 is 2.50 bits per heavy atom. The number of ether oxygens (including phenoxy) is 1. The summed E-state index contributed by atoms with van der Waals surface area (Å²) in [6.45, 7) is 0. The first kappa shape index (κ1) is 21.4. The Labute approximate surface area is 184 Å². The summed E-state index contributed by atoms with van der Waals surface area (Å²) in [5.74, 6) is -1.47. The predicted molar refractivity (Wildman–Crippen MR) is 113 cm³/mol. The number of nitro groups is 1. The van der Waals surface area contributed by atoms with E-state index in [2.05, 4.69) is 26.2 Å². The third-order valence-corrected chi connectivity index (χ3v) is 4.92. The molecule has 3 aromatic rings. The Kier molecular flexibility index (Phi) is 6.76. The average Bonchev–Trinajstić information content (AvgIpc) is 2.74. The zero-order chi connectivity index (χ0) is 21.7. The highest BCUT2D eigenvalue weighted by Gasteiger charge is 2.27. The van der Waals surface area contributed by atoms with Gasteiger partial charge in [-0.05, 0) is 34.1 Å². The van der Waals surface area contributed by atoms with Crippen LogP contribution in [0.5, 0.6) is 0 Å². The summed E-state index contributed by atoms with van der Waals surface area (Å²) in [5, 5.41) is 13.5. The lowest BCUT2D eigenvalue weighted by atomic mass is 10.1. The number of nitrogens with one attached hydrogen (secondary N) is 1. The second kappa shape index (κ2) is 9.47. The summed E-state index contributed by atoms with van der Waals surface area (Å²) in [5.41, 5.74) is 0.588. The van der Waals surface area contributed by atoms with Gasteiger partial charge in [0.1, 0.15) is 5.15 Å². The maximum Gasteiger partial charge on any atom is 0.342 e. The van der Waals surface area contributed by atoms with E-state index in [4.69, 9.17) is 16.3 Å². The molecule has 0 saturated carbocycles. The van der Waals surface area contributed by atoms with Crippen molar-refractivity contribution >= 4 is 50.8 Å². The molecule has 1 heterocycles. The van der Waals surface area contributed by atoms with Crippen molar-refractivity contribution in [3.8, 4) is 0 Å². The topological polar surface area (TPSA) is 111 Å². The van der Waals surface area contributed by atoms with Gasteiger partial charge in [0.2, 0.25) is 6.10 Å². The van der Waals surface area contributed by atoms with Crippen LogP contribution in [0.3, 0.4) is 0 Å². The molecule has 0 aliphatic heterocycles. The molecule has 0 bridgehead atoms. The van der Waals surface area contributed by atoms with E-state index in [9.17, 15) is 19.7 Å². The summed E-state index contributed by atoms with van der Waals surface area (Å²) in [6.07, 6.45) is 0.129. The standard InChI is InChI=1S/C20H13BrClN3O5/c21-15-11-13(25(28)29)8-9-16(15)24-19(26)17(12-5-2-1-3-6-12)30-20(27)14-7-4-10-23-18(14)22/h1-11,17H,(H,24,26). The van der Waals surface area contributed by atoms with E-state index in [1.54, 1.807) is 30.3 Å². The molecule has 30 heavy (non-hydrogen) atoms. The van der Waals surface area contributed by atoms with Crippen molar-refractivity contribution in [3.05, 3.63) is 97.7 Å². The van der Waals surface area contributed by atoms with Crippen molar-refractivity contribution in [2.75, 3.05) is 5.32 Å². The molecule has 0 saturated heterocycles. The molecule has 1 amide bonds. The zero-order valence-electron chi connectivity index (χ0n) is 15.1. The van der Waals surface area contributed by atoms with Gasteiger partial charge in [0.05, 0.1) is 16.2 Å². The van der Waals surface area contributed by atoms with Crippen molar-refractivity contribution in [3.63, 3.8) is 0 Å². The van der Waals surface area contributed by atoms with Crippen molar-refractivity contribution in [1.82, 2.24) is 4.98 Å². The monoisotopic (exact) mass is 489 g/mol. The molecule has 8 nitrogen and oxygen atoms in total. The molecule has 0 radical (unpaired) electrons. The molecule has 0 aliphatic carbocycles. The molecule has 0 spiro atoms. The smallest absolute Gasteiger partial charge is 0.342 e. The zero-order valence-corrected chi connectivity index (χ0v) is 17.5. The molecule has 1 atom stereocenters. The van der Waals surface area contributed by atoms with Crippen LogP contribution < -0.4 is 5.32 Å². The number of non-ortho nitro benzene ring substituents is 1. The van der Waals surface area contributed by atoms with Crippen LogP contribution in [-0.2, 0) is 9.53 Å². The van der Waals surface area contributed by atoms with Crippen LogP contribution in [0.25, 0.3) is 0 Å². The van der Waals surface area contributed by atoms with E-state index in [0.717, 1.165) is 0 Å². The Balaban J connectivity index is 1.87. The number of carbonyl (C=O) groups excluding carboxylic acids is 2. The van der Waals surface area contributed by atoms with E-state index in [1.807, 2.05) is 0 Å². The van der Waals surface area contributed by atoms with Gasteiger partial charge in [0.25, 0.3) is 11.6 Å². The average molecular weight is 491 g/mol. The summed E-state index contributed by atoms with van der Waals surface area (Å²) in [7, 11) is 0. The minimum absolute atomic E-state index is 0.0180. The number of hydrogen-bond donors (Lipinski definition) is 1. The highest BCUT2D eigenvalue weighted by Crippen LogP contribution is 2.29. The molecular weight excluding hydrogens is 478 g/mol. The van der Waals surface area contributed by atoms with Gasteiger partial charge >= 0.3 is 5.97 Å². The van der Waals surface area contributed by atoms with Gasteiger partial charge in [0.15, 0.2) is 0 Å². The van der Waals surface area contributed by atoms with Crippen LogP contribution >= 0.6 is 27.5 Å². The minimum Gasteiger partial charge on any atom is -0.444 e. The highest BCUT2D eigenvalue weighted by molar-refractivity contribution is 9.10. The Morgan fingerprint density at radius 1 is 1.13 bits per heavy atom. The van der Waals surface area contributed by atoms with Gasteiger partial charge in [0, 0.05) is 28.4 Å². The number of esters is 1. The molecule has 0 fully saturated rings. The molecule has 3 rings (SSSR count). The molecule has 152 valence electrons. The van der Waals surface area contributed by atoms with Gasteiger partial charge in [-0.1, -0.05) is 41.9 Å². The molecule has 1 unspecified atom stereocenters. The Morgan fingerprint density at radius 2 is 1.87 bits per heavy atom. The Bertz CT molecular complexity index is 1110. The summed E-state index contributed by atoms with van der Waals surface area (Å²) in [6, 6.07) is 15.3. The molecular formula is C20H13BrClN3O5. The third kappa shape index (κ3) is 5.00. The van der Waals surface area contributed by atoms with Gasteiger partial charge in [-0.3, -0.25) is 14.9 Å². The number of anilines is 1. The van der Waals surface area contributed by atoms with Gasteiger partial charge < -0.3 is 10.1 Å². The Hall–Kier alpha value is -3.30. The van der Waals surface area contributed by atoms with Crippen molar-refractivity contribution in [2.24, 2.45) is 0 Å². The van der Waals surface area contributed by atoms with Crippen LogP contribution in [0.4, 0.5) is 11.4 Å². The highest BCUT2D eigenvalue weighted by atomic mass is 79.9. The maximum absolute atomic E-state index is 12.9. The lowest BCUT2D eigenvalue weighted by Crippen LogP contribution is -2.26. The fourth-order valence-corrected chi connectivity index (χ4v) is 3.19. The number of pyridine rings is 1.